The minimum Gasteiger partial charge on any atom is -0.480 e. The number of rotatable bonds is 0. The van der Waals surface area contributed by atoms with Crippen LogP contribution in [0.3, 0.4) is 0 Å². The number of hydrogen-bond acceptors (Lipinski definition) is 4. The molecule has 1 aromatic heterocycles. The lowest BCUT2D eigenvalue weighted by Crippen LogP contribution is -2.49. The van der Waals surface area contributed by atoms with Gasteiger partial charge in [0, 0.05) is 6.20 Å². The van der Waals surface area contributed by atoms with Crippen LogP contribution >= 0.6 is 0 Å². The molecule has 1 aliphatic heterocycles. The van der Waals surface area contributed by atoms with E-state index in [-0.39, 0.29) is 28.6 Å². The number of halogens is 3. The number of nitriles is 1. The lowest BCUT2D eigenvalue weighted by molar-refractivity contribution is -0.136. The second-order valence-corrected chi connectivity index (χ2v) is 4.46. The third-order valence-electron chi connectivity index (χ3n) is 3.14. The second kappa shape index (κ2) is 3.28. The van der Waals surface area contributed by atoms with Crippen molar-refractivity contribution in [3.63, 3.8) is 0 Å². The molecule has 0 atom stereocenters. The molecule has 1 aromatic rings. The van der Waals surface area contributed by atoms with Crippen LogP contribution in [0, 0.1) is 11.3 Å². The van der Waals surface area contributed by atoms with Crippen LogP contribution in [0.1, 0.15) is 18.4 Å². The minimum absolute atomic E-state index is 0.0546. The van der Waals surface area contributed by atoms with Crippen molar-refractivity contribution in [2.24, 2.45) is 0 Å². The Morgan fingerprint density at radius 3 is 2.72 bits per heavy atom. The zero-order chi connectivity index (χ0) is 13.0. The lowest BCUT2D eigenvalue weighted by atomic mass is 10.2. The summed E-state index contributed by atoms with van der Waals surface area (Å²) in [5.41, 5.74) is -0.711. The van der Waals surface area contributed by atoms with Gasteiger partial charge in [-0.15, -0.1) is 0 Å². The quantitative estimate of drug-likeness (QED) is 0.667. The van der Waals surface area contributed by atoms with E-state index in [0.717, 1.165) is 0 Å². The third-order valence-corrected chi connectivity index (χ3v) is 3.14. The molecule has 0 radical (unpaired) electrons. The molecule has 1 fully saturated rings. The minimum atomic E-state index is -4.52. The Balaban J connectivity index is 2.14. The second-order valence-electron chi connectivity index (χ2n) is 4.46. The molecule has 1 spiro atoms. The van der Waals surface area contributed by atoms with Crippen molar-refractivity contribution in [2.75, 3.05) is 11.4 Å². The topological polar surface area (TPSA) is 49.1 Å². The summed E-state index contributed by atoms with van der Waals surface area (Å²) in [5, 5.41) is 8.92. The fourth-order valence-corrected chi connectivity index (χ4v) is 2.04. The molecule has 2 aliphatic rings. The van der Waals surface area contributed by atoms with E-state index in [1.54, 1.807) is 0 Å². The Morgan fingerprint density at radius 1 is 1.44 bits per heavy atom. The van der Waals surface area contributed by atoms with Gasteiger partial charge < -0.3 is 4.74 Å². The molecular weight excluding hydrogens is 247 g/mol. The van der Waals surface area contributed by atoms with Gasteiger partial charge in [0.1, 0.15) is 11.7 Å². The van der Waals surface area contributed by atoms with Crippen molar-refractivity contribution in [2.45, 2.75) is 24.7 Å². The summed E-state index contributed by atoms with van der Waals surface area (Å²) >= 11 is 0. The number of pyridine rings is 1. The third kappa shape index (κ3) is 1.56. The smallest absolute Gasteiger partial charge is 0.480 e. The number of ether oxygens (including phenoxy) is 1. The molecule has 4 nitrogen and oxygen atoms in total. The largest absolute Gasteiger partial charge is 0.486 e. The lowest BCUT2D eigenvalue weighted by Gasteiger charge is -2.36. The Labute approximate surface area is 101 Å². The molecule has 3 rings (SSSR count). The maximum absolute atomic E-state index is 13.0. The molecule has 0 amide bonds. The van der Waals surface area contributed by atoms with Crippen LogP contribution in [0.25, 0.3) is 0 Å². The molecule has 0 aromatic carbocycles. The fraction of sp³-hybridized carbons (Fsp3) is 0.455. The molecule has 0 unspecified atom stereocenters. The van der Waals surface area contributed by atoms with E-state index in [2.05, 4.69) is 4.98 Å². The van der Waals surface area contributed by atoms with Crippen LogP contribution in [-0.2, 0) is 0 Å². The fourth-order valence-electron chi connectivity index (χ4n) is 2.04. The number of aromatic nitrogens is 1. The van der Waals surface area contributed by atoms with E-state index in [1.807, 2.05) is 6.07 Å². The first-order valence-electron chi connectivity index (χ1n) is 5.38. The van der Waals surface area contributed by atoms with Gasteiger partial charge in [0.15, 0.2) is 11.6 Å². The molecule has 1 aliphatic carbocycles. The highest BCUT2D eigenvalue weighted by Crippen LogP contribution is 2.50. The normalized spacial score (nSPS) is 20.0. The summed E-state index contributed by atoms with van der Waals surface area (Å²) in [6.45, 7) is -0.259. The number of anilines is 1. The highest BCUT2D eigenvalue weighted by Gasteiger charge is 2.56. The summed E-state index contributed by atoms with van der Waals surface area (Å²) in [4.78, 5) is 3.96. The first-order valence-corrected chi connectivity index (χ1v) is 5.38. The van der Waals surface area contributed by atoms with Crippen molar-refractivity contribution in [3.8, 4) is 11.8 Å². The maximum atomic E-state index is 13.0. The van der Waals surface area contributed by atoms with E-state index in [9.17, 15) is 13.2 Å². The molecule has 18 heavy (non-hydrogen) atoms. The summed E-state index contributed by atoms with van der Waals surface area (Å²) in [7, 11) is 0. The Morgan fingerprint density at radius 2 is 2.17 bits per heavy atom. The summed E-state index contributed by atoms with van der Waals surface area (Å²) in [5.74, 6) is -0.375. The van der Waals surface area contributed by atoms with Crippen molar-refractivity contribution < 1.29 is 17.9 Å². The van der Waals surface area contributed by atoms with E-state index < -0.39 is 11.9 Å². The Bertz CT molecular complexity index is 545. The number of fused-ring (bicyclic) bond motifs is 1. The molecule has 0 saturated heterocycles. The van der Waals surface area contributed by atoms with Crippen LogP contribution < -0.4 is 9.64 Å². The average molecular weight is 255 g/mol. The van der Waals surface area contributed by atoms with E-state index in [0.29, 0.717) is 12.8 Å². The van der Waals surface area contributed by atoms with Crippen molar-refractivity contribution in [1.29, 1.82) is 5.26 Å². The molecule has 94 valence electrons. The van der Waals surface area contributed by atoms with Gasteiger partial charge in [-0.25, -0.2) is 4.98 Å². The summed E-state index contributed by atoms with van der Waals surface area (Å²) in [6.07, 6.45) is -2.20. The molecular formula is C11H8F3N3O. The van der Waals surface area contributed by atoms with Crippen LogP contribution in [0.5, 0.6) is 5.75 Å². The predicted molar refractivity (Wildman–Crippen MR) is 54.9 cm³/mol. The Kier molecular flexibility index (Phi) is 2.03. The van der Waals surface area contributed by atoms with Gasteiger partial charge in [-0.05, 0) is 18.9 Å². The van der Waals surface area contributed by atoms with Crippen LogP contribution in [0.15, 0.2) is 12.3 Å². The first kappa shape index (κ1) is 11.1. The molecule has 1 saturated carbocycles. The molecule has 7 heteroatoms. The zero-order valence-electron chi connectivity index (χ0n) is 9.16. The van der Waals surface area contributed by atoms with Crippen LogP contribution in [0.2, 0.25) is 0 Å². The van der Waals surface area contributed by atoms with Gasteiger partial charge in [0.25, 0.3) is 0 Å². The number of alkyl halides is 3. The van der Waals surface area contributed by atoms with Gasteiger partial charge >= 0.3 is 6.30 Å². The van der Waals surface area contributed by atoms with Gasteiger partial charge in [-0.3, -0.25) is 4.90 Å². The van der Waals surface area contributed by atoms with Gasteiger partial charge in [0.2, 0.25) is 0 Å². The van der Waals surface area contributed by atoms with E-state index in [4.69, 9.17) is 10.00 Å². The van der Waals surface area contributed by atoms with Crippen LogP contribution in [-0.4, -0.2) is 23.4 Å². The average Bonchev–Trinajstić information content (AvgIpc) is 3.05. The van der Waals surface area contributed by atoms with Crippen molar-refractivity contribution in [1.82, 2.24) is 4.98 Å². The maximum Gasteiger partial charge on any atom is 0.486 e. The van der Waals surface area contributed by atoms with Gasteiger partial charge in [0.05, 0.1) is 12.1 Å². The highest BCUT2D eigenvalue weighted by atomic mass is 19.4. The SMILES string of the molecule is N#Cc1ccnc2c1OC1(CC1)CN2C(F)(F)F. The standard InChI is InChI=1S/C11H8F3N3O/c12-11(13,14)17-6-10(2-3-10)18-8-7(5-15)1-4-16-9(8)17/h1,4H,2-3,6H2. The molecule has 2 heterocycles. The zero-order valence-corrected chi connectivity index (χ0v) is 9.16. The van der Waals surface area contributed by atoms with E-state index >= 15 is 0 Å². The van der Waals surface area contributed by atoms with Gasteiger partial charge in [-0.2, -0.15) is 18.4 Å². The summed E-state index contributed by atoms with van der Waals surface area (Å²) in [6, 6.07) is 3.19. The monoisotopic (exact) mass is 255 g/mol. The number of nitrogens with zero attached hydrogens (tertiary/aromatic N) is 3. The van der Waals surface area contributed by atoms with E-state index in [1.165, 1.54) is 12.3 Å². The highest BCUT2D eigenvalue weighted by molar-refractivity contribution is 5.63. The summed E-state index contributed by atoms with van der Waals surface area (Å²) < 4.78 is 44.5. The van der Waals surface area contributed by atoms with Crippen molar-refractivity contribution >= 4 is 5.82 Å². The predicted octanol–water partition coefficient (Wildman–Crippen LogP) is 2.20. The molecule has 0 bridgehead atoms. The van der Waals surface area contributed by atoms with Crippen molar-refractivity contribution in [3.05, 3.63) is 17.8 Å². The van der Waals surface area contributed by atoms with Crippen LogP contribution in [0.4, 0.5) is 19.0 Å². The van der Waals surface area contributed by atoms with Gasteiger partial charge in [-0.1, -0.05) is 0 Å². The Hall–Kier alpha value is -1.97. The molecule has 0 N–H and O–H groups in total. The number of hydrogen-bond donors (Lipinski definition) is 0. The first-order chi connectivity index (χ1) is 8.45.